The predicted molar refractivity (Wildman–Crippen MR) is 58.7 cm³/mol. The lowest BCUT2D eigenvalue weighted by atomic mass is 10.1. The fraction of sp³-hybridized carbons (Fsp3) is 0.444. The molecule has 84 valence electrons. The number of nitrogens with two attached hydrogens (primary N) is 1. The number of aromatic nitrogens is 1. The topological polar surface area (TPSA) is 85.1 Å². The Balaban J connectivity index is 3.07. The monoisotopic (exact) mass is 229 g/mol. The van der Waals surface area contributed by atoms with Gasteiger partial charge in [-0.15, -0.1) is 0 Å². The second-order valence-electron chi connectivity index (χ2n) is 4.26. The van der Waals surface area contributed by atoms with Gasteiger partial charge in [0.1, 0.15) is 5.82 Å². The minimum atomic E-state index is -3.58. The number of nitrogens with zero attached hydrogens (tertiary/aromatic N) is 1. The normalized spacial score (nSPS) is 12.7. The molecule has 3 N–H and O–H groups in total. The Bertz CT molecular complexity index is 449. The van der Waals surface area contributed by atoms with Gasteiger partial charge in [0, 0.05) is 5.54 Å². The SMILES string of the molecule is CC(C)(C)NS(=O)(=O)c1cccc(N)n1. The van der Waals surface area contributed by atoms with Crippen molar-refractivity contribution < 1.29 is 8.42 Å². The van der Waals surface area contributed by atoms with Gasteiger partial charge in [0.05, 0.1) is 0 Å². The Labute approximate surface area is 89.8 Å². The summed E-state index contributed by atoms with van der Waals surface area (Å²) >= 11 is 0. The third-order valence-electron chi connectivity index (χ3n) is 1.46. The maximum absolute atomic E-state index is 11.8. The van der Waals surface area contributed by atoms with Gasteiger partial charge >= 0.3 is 0 Å². The van der Waals surface area contributed by atoms with Gasteiger partial charge < -0.3 is 5.73 Å². The molecule has 0 unspecified atom stereocenters. The Morgan fingerprint density at radius 3 is 2.40 bits per heavy atom. The highest BCUT2D eigenvalue weighted by atomic mass is 32.2. The van der Waals surface area contributed by atoms with Crippen molar-refractivity contribution >= 4 is 15.8 Å². The molecule has 0 aliphatic carbocycles. The number of sulfonamides is 1. The van der Waals surface area contributed by atoms with Gasteiger partial charge in [-0.2, -0.15) is 0 Å². The van der Waals surface area contributed by atoms with Crippen LogP contribution in [0.1, 0.15) is 20.8 Å². The molecule has 0 aliphatic heterocycles. The molecule has 0 amide bonds. The highest BCUT2D eigenvalue weighted by Gasteiger charge is 2.22. The molecule has 0 aromatic carbocycles. The van der Waals surface area contributed by atoms with Crippen molar-refractivity contribution in [3.63, 3.8) is 0 Å². The molecule has 0 aliphatic rings. The summed E-state index contributed by atoms with van der Waals surface area (Å²) in [6.07, 6.45) is 0. The summed E-state index contributed by atoms with van der Waals surface area (Å²) in [4.78, 5) is 3.76. The van der Waals surface area contributed by atoms with Crippen LogP contribution in [0.5, 0.6) is 0 Å². The fourth-order valence-corrected chi connectivity index (χ4v) is 2.43. The van der Waals surface area contributed by atoms with Gasteiger partial charge in [0.2, 0.25) is 0 Å². The first-order valence-corrected chi connectivity index (χ1v) is 5.95. The van der Waals surface area contributed by atoms with E-state index in [0.29, 0.717) is 0 Å². The number of anilines is 1. The Hall–Kier alpha value is -1.14. The molecular weight excluding hydrogens is 214 g/mol. The van der Waals surface area contributed by atoms with E-state index in [0.717, 1.165) is 0 Å². The van der Waals surface area contributed by atoms with Crippen LogP contribution in [0.4, 0.5) is 5.82 Å². The van der Waals surface area contributed by atoms with Crippen LogP contribution < -0.4 is 10.5 Å². The van der Waals surface area contributed by atoms with Gasteiger partial charge in [-0.1, -0.05) is 6.07 Å². The average Bonchev–Trinajstić information content (AvgIpc) is 1.99. The highest BCUT2D eigenvalue weighted by Crippen LogP contribution is 2.11. The lowest BCUT2D eigenvalue weighted by Crippen LogP contribution is -2.40. The molecule has 1 aromatic heterocycles. The van der Waals surface area contributed by atoms with E-state index < -0.39 is 15.6 Å². The molecule has 0 spiro atoms. The van der Waals surface area contributed by atoms with E-state index >= 15 is 0 Å². The lowest BCUT2D eigenvalue weighted by molar-refractivity contribution is 0.489. The number of pyridine rings is 1. The van der Waals surface area contributed by atoms with Crippen LogP contribution in [0.25, 0.3) is 0 Å². The van der Waals surface area contributed by atoms with Crippen molar-refractivity contribution in [2.75, 3.05) is 5.73 Å². The van der Waals surface area contributed by atoms with Crippen molar-refractivity contribution in [3.8, 4) is 0 Å². The molecule has 0 radical (unpaired) electrons. The van der Waals surface area contributed by atoms with E-state index in [1.165, 1.54) is 12.1 Å². The van der Waals surface area contributed by atoms with Gasteiger partial charge in [0.15, 0.2) is 5.03 Å². The van der Waals surface area contributed by atoms with E-state index in [4.69, 9.17) is 5.73 Å². The molecule has 1 aromatic rings. The molecule has 0 bridgehead atoms. The maximum atomic E-state index is 11.8. The second kappa shape index (κ2) is 3.79. The number of nitrogen functional groups attached to an aromatic ring is 1. The molecule has 5 nitrogen and oxygen atoms in total. The zero-order valence-electron chi connectivity index (χ0n) is 8.98. The van der Waals surface area contributed by atoms with E-state index in [-0.39, 0.29) is 10.8 Å². The highest BCUT2D eigenvalue weighted by molar-refractivity contribution is 7.89. The molecule has 0 saturated heterocycles. The summed E-state index contributed by atoms with van der Waals surface area (Å²) in [7, 11) is -3.58. The third-order valence-corrected chi connectivity index (χ3v) is 3.12. The Morgan fingerprint density at radius 2 is 1.93 bits per heavy atom. The lowest BCUT2D eigenvalue weighted by Gasteiger charge is -2.19. The minimum absolute atomic E-state index is 0.0579. The van der Waals surface area contributed by atoms with Gasteiger partial charge in [-0.3, -0.25) is 0 Å². The van der Waals surface area contributed by atoms with Crippen molar-refractivity contribution in [1.82, 2.24) is 9.71 Å². The smallest absolute Gasteiger partial charge is 0.258 e. The summed E-state index contributed by atoms with van der Waals surface area (Å²) in [5, 5.41) is -0.0579. The molecular formula is C9H15N3O2S. The quantitative estimate of drug-likeness (QED) is 0.783. The van der Waals surface area contributed by atoms with E-state index in [2.05, 4.69) is 9.71 Å². The van der Waals surface area contributed by atoms with Gasteiger partial charge in [-0.25, -0.2) is 18.1 Å². The number of rotatable bonds is 2. The first kappa shape index (κ1) is 11.9. The maximum Gasteiger partial charge on any atom is 0.258 e. The molecule has 6 heteroatoms. The number of nitrogens with one attached hydrogen (secondary N) is 1. The first-order valence-electron chi connectivity index (χ1n) is 4.47. The fourth-order valence-electron chi connectivity index (χ4n) is 1.04. The Morgan fingerprint density at radius 1 is 1.33 bits per heavy atom. The van der Waals surface area contributed by atoms with Crippen LogP contribution in [0, 0.1) is 0 Å². The zero-order valence-corrected chi connectivity index (χ0v) is 9.80. The van der Waals surface area contributed by atoms with Gasteiger partial charge in [-0.05, 0) is 32.9 Å². The van der Waals surface area contributed by atoms with Crippen molar-refractivity contribution in [3.05, 3.63) is 18.2 Å². The summed E-state index contributed by atoms with van der Waals surface area (Å²) in [6, 6.07) is 4.50. The van der Waals surface area contributed by atoms with Crippen LogP contribution >= 0.6 is 0 Å². The summed E-state index contributed by atoms with van der Waals surface area (Å²) in [6.45, 7) is 5.28. The summed E-state index contributed by atoms with van der Waals surface area (Å²) < 4.78 is 26.0. The van der Waals surface area contributed by atoms with Crippen LogP contribution in [0.2, 0.25) is 0 Å². The van der Waals surface area contributed by atoms with E-state index in [1.807, 2.05) is 0 Å². The molecule has 0 fully saturated rings. The van der Waals surface area contributed by atoms with Gasteiger partial charge in [0.25, 0.3) is 10.0 Å². The standard InChI is InChI=1S/C9H15N3O2S/c1-9(2,3)12-15(13,14)8-6-4-5-7(10)11-8/h4-6,12H,1-3H3,(H2,10,11). The van der Waals surface area contributed by atoms with Crippen LogP contribution in [0.15, 0.2) is 23.2 Å². The third kappa shape index (κ3) is 3.49. The first-order chi connectivity index (χ1) is 6.71. The molecule has 1 rings (SSSR count). The Kier molecular flexibility index (Phi) is 3.01. The van der Waals surface area contributed by atoms with Crippen LogP contribution in [-0.4, -0.2) is 18.9 Å². The van der Waals surface area contributed by atoms with Crippen molar-refractivity contribution in [1.29, 1.82) is 0 Å². The average molecular weight is 229 g/mol. The van der Waals surface area contributed by atoms with Crippen LogP contribution in [-0.2, 0) is 10.0 Å². The molecule has 0 atom stereocenters. The molecule has 15 heavy (non-hydrogen) atoms. The van der Waals surface area contributed by atoms with Crippen molar-refractivity contribution in [2.45, 2.75) is 31.3 Å². The van der Waals surface area contributed by atoms with Crippen molar-refractivity contribution in [2.24, 2.45) is 0 Å². The van der Waals surface area contributed by atoms with E-state index in [9.17, 15) is 8.42 Å². The molecule has 0 saturated carbocycles. The zero-order chi connectivity index (χ0) is 11.7. The largest absolute Gasteiger partial charge is 0.384 e. The van der Waals surface area contributed by atoms with E-state index in [1.54, 1.807) is 26.8 Å². The summed E-state index contributed by atoms with van der Waals surface area (Å²) in [5.41, 5.74) is 4.88. The number of hydrogen-bond donors (Lipinski definition) is 2. The number of hydrogen-bond acceptors (Lipinski definition) is 4. The predicted octanol–water partition coefficient (Wildman–Crippen LogP) is 0.741. The molecule has 1 heterocycles. The second-order valence-corrected chi connectivity index (χ2v) is 5.89. The summed E-state index contributed by atoms with van der Waals surface area (Å²) in [5.74, 6) is 0.187. The van der Waals surface area contributed by atoms with Crippen LogP contribution in [0.3, 0.4) is 0 Å². The minimum Gasteiger partial charge on any atom is -0.384 e.